The van der Waals surface area contributed by atoms with Crippen molar-refractivity contribution < 1.29 is 24.2 Å². The maximum absolute atomic E-state index is 12.3. The van der Waals surface area contributed by atoms with E-state index in [1.165, 1.54) is 23.6 Å². The minimum absolute atomic E-state index is 0.0355. The Kier molecular flexibility index (Phi) is 6.06. The van der Waals surface area contributed by atoms with Gasteiger partial charge in [-0.15, -0.1) is 11.8 Å². The van der Waals surface area contributed by atoms with Crippen LogP contribution in [-0.4, -0.2) is 58.2 Å². The fraction of sp³-hybridized carbons (Fsp3) is 0.667. The molecule has 1 fully saturated rings. The summed E-state index contributed by atoms with van der Waals surface area (Å²) in [6.07, 6.45) is 3.20. The minimum Gasteiger partial charge on any atom is -0.477 e. The third-order valence-corrected chi connectivity index (χ3v) is 5.18. The number of carbonyl (C=O) groups excluding carboxylic acids is 2. The van der Waals surface area contributed by atoms with E-state index in [-0.39, 0.29) is 29.6 Å². The molecule has 2 N–H and O–H groups in total. The van der Waals surface area contributed by atoms with Gasteiger partial charge in [-0.3, -0.25) is 14.5 Å². The summed E-state index contributed by atoms with van der Waals surface area (Å²) in [6.45, 7) is 4.04. The number of amides is 1. The number of carboxylic acid groups (broad SMARTS) is 1. The summed E-state index contributed by atoms with van der Waals surface area (Å²) >= 11 is 1.50. The van der Waals surface area contributed by atoms with Crippen molar-refractivity contribution in [3.05, 3.63) is 11.3 Å². The number of hydrogen-bond acceptors (Lipinski definition) is 6. The molecule has 0 saturated carbocycles. The van der Waals surface area contributed by atoms with Crippen LogP contribution in [0.15, 0.2) is 11.3 Å². The lowest BCUT2D eigenvalue weighted by atomic mass is 10.0. The summed E-state index contributed by atoms with van der Waals surface area (Å²) in [5.74, 6) is -1.41. The van der Waals surface area contributed by atoms with Crippen molar-refractivity contribution in [1.29, 1.82) is 0 Å². The van der Waals surface area contributed by atoms with E-state index in [0.717, 1.165) is 25.8 Å². The summed E-state index contributed by atoms with van der Waals surface area (Å²) in [7, 11) is 0. The van der Waals surface area contributed by atoms with E-state index in [4.69, 9.17) is 4.74 Å². The van der Waals surface area contributed by atoms with Gasteiger partial charge in [0.25, 0.3) is 0 Å². The average Bonchev–Trinajstić information content (AvgIpc) is 2.51. The first-order chi connectivity index (χ1) is 11.0. The molecule has 2 heterocycles. The molecular weight excluding hydrogens is 320 g/mol. The zero-order chi connectivity index (χ0) is 17.0. The lowest BCUT2D eigenvalue weighted by molar-refractivity contribution is -0.149. The Morgan fingerprint density at radius 2 is 2.17 bits per heavy atom. The highest BCUT2D eigenvalue weighted by Gasteiger charge is 2.53. The molecule has 2 atom stereocenters. The van der Waals surface area contributed by atoms with Crippen molar-refractivity contribution in [3.8, 4) is 0 Å². The molecule has 0 aromatic heterocycles. The predicted molar refractivity (Wildman–Crippen MR) is 85.7 cm³/mol. The van der Waals surface area contributed by atoms with E-state index >= 15 is 0 Å². The molecule has 8 heteroatoms. The number of rotatable bonds is 8. The molecule has 7 nitrogen and oxygen atoms in total. The summed E-state index contributed by atoms with van der Waals surface area (Å²) in [5.41, 5.74) is 0.429. The van der Waals surface area contributed by atoms with Crippen LogP contribution >= 0.6 is 11.8 Å². The molecule has 2 rings (SSSR count). The highest BCUT2D eigenvalue weighted by molar-refractivity contribution is 8.00. The fourth-order valence-electron chi connectivity index (χ4n) is 2.67. The standard InChI is InChI=1S/C15H22N2O5S/c1-3-4-5-6-16-11-13(19)17-12(15(20)21)10(7-22-9(2)18)8-23-14(11)17/h11,14,16H,3-8H2,1-2H3,(H,20,21)/t11-,14+/m1/s1. The van der Waals surface area contributed by atoms with E-state index in [0.29, 0.717) is 11.3 Å². The van der Waals surface area contributed by atoms with Crippen LogP contribution in [0.4, 0.5) is 0 Å². The normalized spacial score (nSPS) is 23.4. The molecule has 2 aliphatic heterocycles. The maximum atomic E-state index is 12.3. The zero-order valence-corrected chi connectivity index (χ0v) is 14.1. The Morgan fingerprint density at radius 3 is 2.78 bits per heavy atom. The number of carbonyl (C=O) groups is 3. The lowest BCUT2D eigenvalue weighted by Gasteiger charge is -2.49. The number of ether oxygens (including phenoxy) is 1. The van der Waals surface area contributed by atoms with Gasteiger partial charge in [-0.05, 0) is 13.0 Å². The van der Waals surface area contributed by atoms with Gasteiger partial charge in [0.1, 0.15) is 23.7 Å². The maximum Gasteiger partial charge on any atom is 0.352 e. The molecule has 0 bridgehead atoms. The predicted octanol–water partition coefficient (Wildman–Crippen LogP) is 0.952. The van der Waals surface area contributed by atoms with Crippen LogP contribution in [0.5, 0.6) is 0 Å². The molecule has 0 unspecified atom stereocenters. The number of carboxylic acids is 1. The van der Waals surface area contributed by atoms with Crippen LogP contribution in [0.25, 0.3) is 0 Å². The van der Waals surface area contributed by atoms with Gasteiger partial charge in [0.15, 0.2) is 0 Å². The number of β-lactam (4-membered cyclic amide) rings is 1. The quantitative estimate of drug-likeness (QED) is 0.385. The number of nitrogens with one attached hydrogen (secondary N) is 1. The summed E-state index contributed by atoms with van der Waals surface area (Å²) in [6, 6.07) is -0.332. The Morgan fingerprint density at radius 1 is 1.43 bits per heavy atom. The van der Waals surface area contributed by atoms with E-state index < -0.39 is 11.9 Å². The van der Waals surface area contributed by atoms with Crippen LogP contribution in [0.1, 0.15) is 33.1 Å². The van der Waals surface area contributed by atoms with Crippen molar-refractivity contribution >= 4 is 29.6 Å². The number of fused-ring (bicyclic) bond motifs is 1. The number of aliphatic carboxylic acids is 1. The first-order valence-electron chi connectivity index (χ1n) is 7.74. The SMILES string of the molecule is CCCCCN[C@@H]1C(=O)N2C(C(=O)O)=C(COC(C)=O)CS[C@@H]12. The van der Waals surface area contributed by atoms with E-state index in [1.807, 2.05) is 0 Å². The van der Waals surface area contributed by atoms with Crippen molar-refractivity contribution in [2.45, 2.75) is 44.5 Å². The second-order valence-electron chi connectivity index (χ2n) is 5.59. The zero-order valence-electron chi connectivity index (χ0n) is 13.3. The Balaban J connectivity index is 2.04. The van der Waals surface area contributed by atoms with Crippen LogP contribution in [0.2, 0.25) is 0 Å². The Hall–Kier alpha value is -1.54. The van der Waals surface area contributed by atoms with E-state index in [9.17, 15) is 19.5 Å². The number of esters is 1. The van der Waals surface area contributed by atoms with Gasteiger partial charge in [-0.2, -0.15) is 0 Å². The Labute approximate surface area is 139 Å². The molecule has 0 aromatic carbocycles. The highest BCUT2D eigenvalue weighted by Crippen LogP contribution is 2.40. The second kappa shape index (κ2) is 7.83. The van der Waals surface area contributed by atoms with Crippen molar-refractivity contribution in [2.24, 2.45) is 0 Å². The van der Waals surface area contributed by atoms with Gasteiger partial charge in [-0.1, -0.05) is 19.8 Å². The smallest absolute Gasteiger partial charge is 0.352 e. The molecule has 128 valence electrons. The van der Waals surface area contributed by atoms with Crippen LogP contribution in [0, 0.1) is 0 Å². The van der Waals surface area contributed by atoms with Gasteiger partial charge in [-0.25, -0.2) is 4.79 Å². The first kappa shape index (κ1) is 17.8. The van der Waals surface area contributed by atoms with Gasteiger partial charge >= 0.3 is 11.9 Å². The lowest BCUT2D eigenvalue weighted by Crippen LogP contribution is -2.70. The molecule has 0 radical (unpaired) electrons. The number of hydrogen-bond donors (Lipinski definition) is 2. The molecule has 0 spiro atoms. The second-order valence-corrected chi connectivity index (χ2v) is 6.69. The largest absolute Gasteiger partial charge is 0.477 e. The highest BCUT2D eigenvalue weighted by atomic mass is 32.2. The van der Waals surface area contributed by atoms with Crippen molar-refractivity contribution in [3.63, 3.8) is 0 Å². The topological polar surface area (TPSA) is 95.9 Å². The van der Waals surface area contributed by atoms with Crippen LogP contribution in [-0.2, 0) is 19.1 Å². The molecule has 1 amide bonds. The number of thioether (sulfide) groups is 1. The third-order valence-electron chi connectivity index (χ3n) is 3.84. The average molecular weight is 342 g/mol. The van der Waals surface area contributed by atoms with Crippen molar-refractivity contribution in [1.82, 2.24) is 10.2 Å². The molecule has 0 aromatic rings. The summed E-state index contributed by atoms with van der Waals surface area (Å²) < 4.78 is 4.90. The summed E-state index contributed by atoms with van der Waals surface area (Å²) in [4.78, 5) is 36.1. The van der Waals surface area contributed by atoms with Gasteiger partial charge in [0, 0.05) is 18.2 Å². The van der Waals surface area contributed by atoms with E-state index in [2.05, 4.69) is 12.2 Å². The number of unbranched alkanes of at least 4 members (excludes halogenated alkanes) is 2. The fourth-order valence-corrected chi connectivity index (χ4v) is 4.03. The van der Waals surface area contributed by atoms with Crippen LogP contribution in [0.3, 0.4) is 0 Å². The van der Waals surface area contributed by atoms with Gasteiger partial charge in [0.2, 0.25) is 5.91 Å². The van der Waals surface area contributed by atoms with Gasteiger partial charge < -0.3 is 15.2 Å². The molecule has 23 heavy (non-hydrogen) atoms. The molecule has 0 aliphatic carbocycles. The molecule has 1 saturated heterocycles. The van der Waals surface area contributed by atoms with E-state index in [1.54, 1.807) is 0 Å². The molecular formula is C15H22N2O5S. The monoisotopic (exact) mass is 342 g/mol. The van der Waals surface area contributed by atoms with Crippen LogP contribution < -0.4 is 5.32 Å². The van der Waals surface area contributed by atoms with Gasteiger partial charge in [0.05, 0.1) is 0 Å². The van der Waals surface area contributed by atoms with Crippen molar-refractivity contribution in [2.75, 3.05) is 18.9 Å². The third kappa shape index (κ3) is 3.87. The molecule has 2 aliphatic rings. The first-order valence-corrected chi connectivity index (χ1v) is 8.79. The number of nitrogens with zero attached hydrogens (tertiary/aromatic N) is 1. The Bertz CT molecular complexity index is 534. The minimum atomic E-state index is -1.16. The summed E-state index contributed by atoms with van der Waals surface area (Å²) in [5, 5.41) is 12.4.